The van der Waals surface area contributed by atoms with Crippen LogP contribution < -0.4 is 5.32 Å². The van der Waals surface area contributed by atoms with E-state index in [1.807, 2.05) is 0 Å². The van der Waals surface area contributed by atoms with Gasteiger partial charge in [-0.1, -0.05) is 0 Å². The van der Waals surface area contributed by atoms with Crippen LogP contribution in [0.3, 0.4) is 0 Å². The molecule has 0 saturated heterocycles. The van der Waals surface area contributed by atoms with Gasteiger partial charge >= 0.3 is 0 Å². The summed E-state index contributed by atoms with van der Waals surface area (Å²) in [5, 5.41) is 2.34. The van der Waals surface area contributed by atoms with Crippen LogP contribution in [0.5, 0.6) is 0 Å². The molecule has 0 radical (unpaired) electrons. The zero-order chi connectivity index (χ0) is 8.27. The fraction of sp³-hybridized carbons (Fsp3) is 0.500. The van der Waals surface area contributed by atoms with Gasteiger partial charge in [0.2, 0.25) is 0 Å². The molecule has 0 aliphatic rings. The van der Waals surface area contributed by atoms with Gasteiger partial charge in [-0.25, -0.2) is 8.78 Å². The van der Waals surface area contributed by atoms with Crippen LogP contribution in [0.15, 0.2) is 10.7 Å². The van der Waals surface area contributed by atoms with Crippen molar-refractivity contribution in [2.24, 2.45) is 0 Å². The molecule has 0 unspecified atom stereocenters. The summed E-state index contributed by atoms with van der Waals surface area (Å²) in [6.45, 7) is 1.29. The summed E-state index contributed by atoms with van der Waals surface area (Å²) < 4.78 is 27.9. The zero-order valence-corrected chi connectivity index (χ0v) is 5.97. The van der Waals surface area contributed by atoms with Crippen molar-refractivity contribution >= 4 is 6.01 Å². The average molecular weight is 162 g/mol. The van der Waals surface area contributed by atoms with E-state index in [-0.39, 0.29) is 6.01 Å². The lowest BCUT2D eigenvalue weighted by Crippen LogP contribution is -2.10. The molecule has 0 atom stereocenters. The van der Waals surface area contributed by atoms with Gasteiger partial charge in [-0.05, 0) is 6.92 Å². The van der Waals surface area contributed by atoms with Crippen molar-refractivity contribution < 1.29 is 13.2 Å². The van der Waals surface area contributed by atoms with Crippen LogP contribution in [0.2, 0.25) is 0 Å². The van der Waals surface area contributed by atoms with Gasteiger partial charge in [0.15, 0.2) is 0 Å². The number of nitrogens with zero attached hydrogens (tertiary/aromatic N) is 1. The first kappa shape index (κ1) is 7.97. The van der Waals surface area contributed by atoms with Crippen molar-refractivity contribution in [2.75, 3.05) is 11.9 Å². The predicted molar refractivity (Wildman–Crippen MR) is 35.7 cm³/mol. The number of anilines is 1. The minimum atomic E-state index is -2.39. The fourth-order valence-electron chi connectivity index (χ4n) is 0.600. The standard InChI is InChI=1S/C6H8F2N2O/c1-4-3-11-6(10-4)9-2-5(7)8/h3,5H,2H2,1H3,(H,9,10). The molecule has 1 aromatic rings. The highest BCUT2D eigenvalue weighted by Gasteiger charge is 2.04. The van der Waals surface area contributed by atoms with Crippen LogP contribution in [0.1, 0.15) is 5.69 Å². The number of halogens is 2. The normalized spacial score (nSPS) is 10.5. The maximum Gasteiger partial charge on any atom is 0.294 e. The molecule has 62 valence electrons. The van der Waals surface area contributed by atoms with Gasteiger partial charge in [-0.3, -0.25) is 0 Å². The van der Waals surface area contributed by atoms with E-state index in [2.05, 4.69) is 10.3 Å². The molecule has 0 bridgehead atoms. The van der Waals surface area contributed by atoms with Gasteiger partial charge in [-0.2, -0.15) is 4.98 Å². The van der Waals surface area contributed by atoms with Crippen molar-refractivity contribution in [1.82, 2.24) is 4.98 Å². The highest BCUT2D eigenvalue weighted by molar-refractivity contribution is 5.20. The van der Waals surface area contributed by atoms with Crippen LogP contribution >= 0.6 is 0 Å². The van der Waals surface area contributed by atoms with E-state index >= 15 is 0 Å². The van der Waals surface area contributed by atoms with E-state index in [4.69, 9.17) is 4.42 Å². The number of aryl methyl sites for hydroxylation is 1. The first-order valence-corrected chi connectivity index (χ1v) is 3.12. The molecular weight excluding hydrogens is 154 g/mol. The van der Waals surface area contributed by atoms with Crippen molar-refractivity contribution in [3.8, 4) is 0 Å². The lowest BCUT2D eigenvalue weighted by atomic mass is 10.6. The second kappa shape index (κ2) is 3.32. The van der Waals surface area contributed by atoms with Gasteiger partial charge in [0.25, 0.3) is 12.4 Å². The molecule has 1 rings (SSSR count). The molecule has 0 aliphatic carbocycles. The summed E-state index contributed by atoms with van der Waals surface area (Å²) in [4.78, 5) is 3.77. The van der Waals surface area contributed by atoms with Crippen LogP contribution in [0.25, 0.3) is 0 Å². The molecule has 0 amide bonds. The maximum absolute atomic E-state index is 11.6. The van der Waals surface area contributed by atoms with Crippen LogP contribution in [0, 0.1) is 6.92 Å². The lowest BCUT2D eigenvalue weighted by Gasteiger charge is -1.97. The summed E-state index contributed by atoms with van der Waals surface area (Å²) in [5.74, 6) is 0. The van der Waals surface area contributed by atoms with Crippen molar-refractivity contribution in [3.05, 3.63) is 12.0 Å². The Bertz CT molecular complexity index is 224. The molecule has 5 heteroatoms. The van der Waals surface area contributed by atoms with Crippen LogP contribution in [-0.2, 0) is 0 Å². The van der Waals surface area contributed by atoms with E-state index in [9.17, 15) is 8.78 Å². The quantitative estimate of drug-likeness (QED) is 0.734. The summed E-state index contributed by atoms with van der Waals surface area (Å²) in [6, 6.07) is 0.141. The molecule has 3 nitrogen and oxygen atoms in total. The third kappa shape index (κ3) is 2.53. The molecule has 0 spiro atoms. The minimum Gasteiger partial charge on any atom is -0.432 e. The molecule has 1 aromatic heterocycles. The minimum absolute atomic E-state index is 0.141. The Labute approximate surface area is 62.4 Å². The Morgan fingerprint density at radius 2 is 2.45 bits per heavy atom. The second-order valence-corrected chi connectivity index (χ2v) is 2.07. The highest BCUT2D eigenvalue weighted by Crippen LogP contribution is 2.06. The first-order valence-electron chi connectivity index (χ1n) is 3.12. The molecule has 1 N–H and O–H groups in total. The Morgan fingerprint density at radius 1 is 1.73 bits per heavy atom. The third-order valence-electron chi connectivity index (χ3n) is 1.03. The lowest BCUT2D eigenvalue weighted by molar-refractivity contribution is 0.162. The van der Waals surface area contributed by atoms with Gasteiger partial charge in [0, 0.05) is 0 Å². The summed E-state index contributed by atoms with van der Waals surface area (Å²) in [6.07, 6.45) is -0.990. The predicted octanol–water partition coefficient (Wildman–Crippen LogP) is 1.66. The fourth-order valence-corrected chi connectivity index (χ4v) is 0.600. The topological polar surface area (TPSA) is 38.1 Å². The van der Waals surface area contributed by atoms with Crippen LogP contribution in [0.4, 0.5) is 14.8 Å². The van der Waals surface area contributed by atoms with Crippen LogP contribution in [-0.4, -0.2) is 18.0 Å². The molecule has 0 fully saturated rings. The summed E-state index contributed by atoms with van der Waals surface area (Å²) in [5.41, 5.74) is 0.668. The first-order chi connectivity index (χ1) is 5.18. The van der Waals surface area contributed by atoms with E-state index < -0.39 is 13.0 Å². The Balaban J connectivity index is 2.39. The number of oxazole rings is 1. The summed E-state index contributed by atoms with van der Waals surface area (Å²) in [7, 11) is 0. The van der Waals surface area contributed by atoms with E-state index in [0.717, 1.165) is 0 Å². The zero-order valence-electron chi connectivity index (χ0n) is 5.97. The number of aromatic nitrogens is 1. The second-order valence-electron chi connectivity index (χ2n) is 2.07. The van der Waals surface area contributed by atoms with Gasteiger partial charge in [0.05, 0.1) is 12.2 Å². The summed E-state index contributed by atoms with van der Waals surface area (Å²) >= 11 is 0. The molecule has 1 heterocycles. The largest absolute Gasteiger partial charge is 0.432 e. The highest BCUT2D eigenvalue weighted by atomic mass is 19.3. The Kier molecular flexibility index (Phi) is 2.40. The number of hydrogen-bond acceptors (Lipinski definition) is 3. The smallest absolute Gasteiger partial charge is 0.294 e. The number of alkyl halides is 2. The van der Waals surface area contributed by atoms with Gasteiger partial charge < -0.3 is 9.73 Å². The Hall–Kier alpha value is -1.13. The maximum atomic E-state index is 11.6. The van der Waals surface area contributed by atoms with Gasteiger partial charge in [-0.15, -0.1) is 0 Å². The van der Waals surface area contributed by atoms with Crippen molar-refractivity contribution in [2.45, 2.75) is 13.3 Å². The molecule has 0 saturated carbocycles. The van der Waals surface area contributed by atoms with E-state index in [1.165, 1.54) is 6.26 Å². The molecule has 0 aliphatic heterocycles. The number of hydrogen-bond donors (Lipinski definition) is 1. The van der Waals surface area contributed by atoms with E-state index in [1.54, 1.807) is 6.92 Å². The number of nitrogens with one attached hydrogen (secondary N) is 1. The monoisotopic (exact) mass is 162 g/mol. The molecular formula is C6H8F2N2O. The van der Waals surface area contributed by atoms with Crippen molar-refractivity contribution in [1.29, 1.82) is 0 Å². The number of rotatable bonds is 3. The molecule has 11 heavy (non-hydrogen) atoms. The molecule has 0 aromatic carbocycles. The van der Waals surface area contributed by atoms with Gasteiger partial charge in [0.1, 0.15) is 6.26 Å². The van der Waals surface area contributed by atoms with Crippen molar-refractivity contribution in [3.63, 3.8) is 0 Å². The SMILES string of the molecule is Cc1coc(NCC(F)F)n1. The average Bonchev–Trinajstić information content (AvgIpc) is 2.31. The van der Waals surface area contributed by atoms with E-state index in [0.29, 0.717) is 5.69 Å². The third-order valence-corrected chi connectivity index (χ3v) is 1.03. The Morgan fingerprint density at radius 3 is 2.91 bits per heavy atom.